The van der Waals surface area contributed by atoms with Gasteiger partial charge in [-0.3, -0.25) is 0 Å². The SMILES string of the molecule is CCn1nc(C)c(N)c1NCCC1CCCO1. The second kappa shape index (κ2) is 5.40. The van der Waals surface area contributed by atoms with Crippen LogP contribution in [0.5, 0.6) is 0 Å². The number of hydrogen-bond acceptors (Lipinski definition) is 4. The number of anilines is 2. The molecule has 0 radical (unpaired) electrons. The highest BCUT2D eigenvalue weighted by Gasteiger charge is 2.16. The van der Waals surface area contributed by atoms with Crippen LogP contribution < -0.4 is 11.1 Å². The van der Waals surface area contributed by atoms with Gasteiger partial charge in [0.25, 0.3) is 0 Å². The molecule has 1 aromatic rings. The first-order valence-electron chi connectivity index (χ1n) is 6.40. The van der Waals surface area contributed by atoms with Crippen molar-refractivity contribution in [3.8, 4) is 0 Å². The van der Waals surface area contributed by atoms with E-state index in [0.717, 1.165) is 43.3 Å². The van der Waals surface area contributed by atoms with Crippen LogP contribution in [-0.2, 0) is 11.3 Å². The van der Waals surface area contributed by atoms with Gasteiger partial charge < -0.3 is 15.8 Å². The van der Waals surface area contributed by atoms with Gasteiger partial charge in [0, 0.05) is 19.7 Å². The van der Waals surface area contributed by atoms with E-state index < -0.39 is 0 Å². The zero-order valence-corrected chi connectivity index (χ0v) is 10.7. The summed E-state index contributed by atoms with van der Waals surface area (Å²) in [6, 6.07) is 0. The smallest absolute Gasteiger partial charge is 0.148 e. The molecule has 17 heavy (non-hydrogen) atoms. The van der Waals surface area contributed by atoms with Crippen molar-refractivity contribution in [2.45, 2.75) is 45.8 Å². The third-order valence-electron chi connectivity index (χ3n) is 3.26. The molecule has 1 fully saturated rings. The van der Waals surface area contributed by atoms with Crippen LogP contribution in [0.3, 0.4) is 0 Å². The van der Waals surface area contributed by atoms with E-state index in [9.17, 15) is 0 Å². The summed E-state index contributed by atoms with van der Waals surface area (Å²) in [4.78, 5) is 0. The standard InChI is InChI=1S/C12H22N4O/c1-3-16-12(11(13)9(2)15-16)14-7-6-10-5-4-8-17-10/h10,14H,3-8,13H2,1-2H3. The Balaban J connectivity index is 1.89. The Bertz CT molecular complexity index is 369. The number of hydrogen-bond donors (Lipinski definition) is 2. The highest BCUT2D eigenvalue weighted by molar-refractivity contribution is 5.64. The number of nitrogen functional groups attached to an aromatic ring is 1. The second-order valence-corrected chi connectivity index (χ2v) is 4.51. The van der Waals surface area contributed by atoms with Crippen molar-refractivity contribution in [1.82, 2.24) is 9.78 Å². The first-order valence-corrected chi connectivity index (χ1v) is 6.40. The van der Waals surface area contributed by atoms with Gasteiger partial charge in [0.1, 0.15) is 5.82 Å². The molecule has 1 aliphatic heterocycles. The number of aryl methyl sites for hydroxylation is 2. The Morgan fingerprint density at radius 3 is 3.06 bits per heavy atom. The molecule has 2 rings (SSSR count). The number of nitrogens with zero attached hydrogens (tertiary/aromatic N) is 2. The van der Waals surface area contributed by atoms with Crippen molar-refractivity contribution in [3.63, 3.8) is 0 Å². The van der Waals surface area contributed by atoms with Gasteiger partial charge >= 0.3 is 0 Å². The molecule has 0 spiro atoms. The molecule has 5 nitrogen and oxygen atoms in total. The van der Waals surface area contributed by atoms with Crippen LogP contribution in [-0.4, -0.2) is 29.0 Å². The molecular formula is C12H22N4O. The number of nitrogens with one attached hydrogen (secondary N) is 1. The maximum absolute atomic E-state index is 6.00. The van der Waals surface area contributed by atoms with Crippen molar-refractivity contribution >= 4 is 11.5 Å². The Kier molecular flexibility index (Phi) is 3.89. The minimum atomic E-state index is 0.419. The normalized spacial score (nSPS) is 19.8. The molecule has 0 amide bonds. The number of ether oxygens (including phenoxy) is 1. The van der Waals surface area contributed by atoms with Gasteiger partial charge in [-0.05, 0) is 33.1 Å². The van der Waals surface area contributed by atoms with Crippen LogP contribution in [0.1, 0.15) is 31.9 Å². The summed E-state index contributed by atoms with van der Waals surface area (Å²) in [7, 11) is 0. The van der Waals surface area contributed by atoms with Crippen molar-refractivity contribution in [2.24, 2.45) is 0 Å². The second-order valence-electron chi connectivity index (χ2n) is 4.51. The molecule has 1 unspecified atom stereocenters. The zero-order chi connectivity index (χ0) is 12.3. The number of aromatic nitrogens is 2. The van der Waals surface area contributed by atoms with E-state index in [2.05, 4.69) is 17.3 Å². The molecular weight excluding hydrogens is 216 g/mol. The molecule has 0 aliphatic carbocycles. The lowest BCUT2D eigenvalue weighted by atomic mass is 10.2. The zero-order valence-electron chi connectivity index (χ0n) is 10.7. The molecule has 1 aromatic heterocycles. The average Bonchev–Trinajstić information content (AvgIpc) is 2.92. The van der Waals surface area contributed by atoms with Crippen LogP contribution in [0.4, 0.5) is 11.5 Å². The Morgan fingerprint density at radius 1 is 1.59 bits per heavy atom. The minimum Gasteiger partial charge on any atom is -0.394 e. The Labute approximate surface area is 102 Å². The summed E-state index contributed by atoms with van der Waals surface area (Å²) in [5.41, 5.74) is 7.65. The molecule has 1 atom stereocenters. The van der Waals surface area contributed by atoms with Gasteiger partial charge in [0.05, 0.1) is 17.5 Å². The highest BCUT2D eigenvalue weighted by Crippen LogP contribution is 2.22. The van der Waals surface area contributed by atoms with Gasteiger partial charge in [0.2, 0.25) is 0 Å². The topological polar surface area (TPSA) is 65.1 Å². The minimum absolute atomic E-state index is 0.419. The largest absolute Gasteiger partial charge is 0.394 e. The third-order valence-corrected chi connectivity index (χ3v) is 3.26. The quantitative estimate of drug-likeness (QED) is 0.820. The Hall–Kier alpha value is -1.23. The highest BCUT2D eigenvalue weighted by atomic mass is 16.5. The van der Waals surface area contributed by atoms with Crippen molar-refractivity contribution < 1.29 is 4.74 Å². The molecule has 0 aromatic carbocycles. The summed E-state index contributed by atoms with van der Waals surface area (Å²) in [6.45, 7) is 6.64. The van der Waals surface area contributed by atoms with E-state index in [1.807, 2.05) is 11.6 Å². The lowest BCUT2D eigenvalue weighted by molar-refractivity contribution is 0.107. The van der Waals surface area contributed by atoms with E-state index in [-0.39, 0.29) is 0 Å². The predicted molar refractivity (Wildman–Crippen MR) is 69.1 cm³/mol. The van der Waals surface area contributed by atoms with Crippen molar-refractivity contribution in [3.05, 3.63) is 5.69 Å². The van der Waals surface area contributed by atoms with Crippen LogP contribution in [0, 0.1) is 6.92 Å². The fourth-order valence-corrected chi connectivity index (χ4v) is 2.23. The third kappa shape index (κ3) is 2.72. The van der Waals surface area contributed by atoms with Crippen molar-refractivity contribution in [2.75, 3.05) is 24.2 Å². The monoisotopic (exact) mass is 238 g/mol. The Morgan fingerprint density at radius 2 is 2.41 bits per heavy atom. The summed E-state index contributed by atoms with van der Waals surface area (Å²) < 4.78 is 7.51. The van der Waals surface area contributed by atoms with Gasteiger partial charge in [-0.2, -0.15) is 5.10 Å². The molecule has 96 valence electrons. The summed E-state index contributed by atoms with van der Waals surface area (Å²) >= 11 is 0. The van der Waals surface area contributed by atoms with Gasteiger partial charge in [0.15, 0.2) is 0 Å². The predicted octanol–water partition coefficient (Wildman–Crippen LogP) is 1.77. The summed E-state index contributed by atoms with van der Waals surface area (Å²) in [5.74, 6) is 0.947. The van der Waals surface area contributed by atoms with E-state index >= 15 is 0 Å². The number of nitrogens with two attached hydrogens (primary N) is 1. The van der Waals surface area contributed by atoms with E-state index in [1.54, 1.807) is 0 Å². The summed E-state index contributed by atoms with van der Waals surface area (Å²) in [6.07, 6.45) is 3.83. The van der Waals surface area contributed by atoms with E-state index in [4.69, 9.17) is 10.5 Å². The van der Waals surface area contributed by atoms with Gasteiger partial charge in [-0.25, -0.2) is 4.68 Å². The maximum atomic E-state index is 6.00. The molecule has 5 heteroatoms. The molecule has 1 aliphatic rings. The molecule has 0 bridgehead atoms. The van der Waals surface area contributed by atoms with Crippen molar-refractivity contribution in [1.29, 1.82) is 0 Å². The maximum Gasteiger partial charge on any atom is 0.148 e. The average molecular weight is 238 g/mol. The summed E-state index contributed by atoms with van der Waals surface area (Å²) in [5, 5.41) is 7.75. The molecule has 2 heterocycles. The molecule has 3 N–H and O–H groups in total. The molecule has 1 saturated heterocycles. The van der Waals surface area contributed by atoms with Crippen LogP contribution in [0.15, 0.2) is 0 Å². The van der Waals surface area contributed by atoms with E-state index in [1.165, 1.54) is 12.8 Å². The van der Waals surface area contributed by atoms with Crippen LogP contribution in [0.2, 0.25) is 0 Å². The first kappa shape index (κ1) is 12.2. The first-order chi connectivity index (χ1) is 8.22. The van der Waals surface area contributed by atoms with E-state index in [0.29, 0.717) is 6.10 Å². The fourth-order valence-electron chi connectivity index (χ4n) is 2.23. The van der Waals surface area contributed by atoms with Gasteiger partial charge in [-0.1, -0.05) is 0 Å². The lowest BCUT2D eigenvalue weighted by Crippen LogP contribution is -2.15. The lowest BCUT2D eigenvalue weighted by Gasteiger charge is -2.12. The van der Waals surface area contributed by atoms with Gasteiger partial charge in [-0.15, -0.1) is 0 Å². The molecule has 0 saturated carbocycles. The number of rotatable bonds is 5. The fraction of sp³-hybridized carbons (Fsp3) is 0.750. The van der Waals surface area contributed by atoms with Crippen LogP contribution >= 0.6 is 0 Å². The van der Waals surface area contributed by atoms with Crippen LogP contribution in [0.25, 0.3) is 0 Å².